The third kappa shape index (κ3) is 7.54. The fourth-order valence-corrected chi connectivity index (χ4v) is 5.32. The van der Waals surface area contributed by atoms with E-state index in [1.807, 2.05) is 43.3 Å². The second-order valence-electron chi connectivity index (χ2n) is 10.0. The molecular weight excluding hydrogens is 460 g/mol. The van der Waals surface area contributed by atoms with Crippen LogP contribution >= 0.6 is 0 Å². The Hall–Kier alpha value is -3.41. The highest BCUT2D eigenvalue weighted by molar-refractivity contribution is 5.87. The van der Waals surface area contributed by atoms with E-state index in [1.54, 1.807) is 12.2 Å². The Balaban J connectivity index is 1.45. The van der Waals surface area contributed by atoms with Crippen molar-refractivity contribution < 1.29 is 9.59 Å². The molecule has 0 saturated heterocycles. The molecule has 6 nitrogen and oxygen atoms in total. The quantitative estimate of drug-likeness (QED) is 0.252. The van der Waals surface area contributed by atoms with E-state index < -0.39 is 0 Å². The summed E-state index contributed by atoms with van der Waals surface area (Å²) < 4.78 is 2.13. The number of carbonyl (C=O) groups excluding carboxylic acids is 2. The highest BCUT2D eigenvalue weighted by Gasteiger charge is 2.26. The molecule has 1 fully saturated rings. The van der Waals surface area contributed by atoms with E-state index in [1.165, 1.54) is 24.8 Å². The summed E-state index contributed by atoms with van der Waals surface area (Å²) in [5.74, 6) is 1.10. The summed E-state index contributed by atoms with van der Waals surface area (Å²) in [6.45, 7) is 3.49. The van der Waals surface area contributed by atoms with Crippen molar-refractivity contribution >= 4 is 22.8 Å². The van der Waals surface area contributed by atoms with E-state index in [4.69, 9.17) is 4.98 Å². The third-order valence-electron chi connectivity index (χ3n) is 7.25. The van der Waals surface area contributed by atoms with Gasteiger partial charge in [-0.1, -0.05) is 74.2 Å². The standard InChI is InChI=1S/C31H40N4O2/c1-2-14-30(36)32-22-13-5-10-21-29-33-27-19-11-12-20-28(27)35(29)24-31(37)34(26-17-8-4-9-18-26)23-25-15-6-3-7-16-25/h2-3,6-7,11-12,14-16,19-20,26H,4-5,8-10,13,17-18,21-24H2,1H3,(H,32,36)/b14-2+. The fraction of sp³-hybridized carbons (Fsp3) is 0.452. The van der Waals surface area contributed by atoms with Gasteiger partial charge in [0.05, 0.1) is 11.0 Å². The first kappa shape index (κ1) is 26.6. The molecule has 3 aromatic rings. The van der Waals surface area contributed by atoms with Crippen molar-refractivity contribution in [2.24, 2.45) is 0 Å². The molecule has 1 aliphatic carbocycles. The van der Waals surface area contributed by atoms with Crippen molar-refractivity contribution in [2.45, 2.75) is 83.8 Å². The third-order valence-corrected chi connectivity index (χ3v) is 7.25. The van der Waals surface area contributed by atoms with Crippen LogP contribution in [-0.4, -0.2) is 38.9 Å². The minimum atomic E-state index is -0.0409. The number of rotatable bonds is 12. The molecule has 1 heterocycles. The number of aromatic nitrogens is 2. The predicted molar refractivity (Wildman–Crippen MR) is 149 cm³/mol. The number of hydrogen-bond donors (Lipinski definition) is 1. The van der Waals surface area contributed by atoms with Crippen molar-refractivity contribution in [1.29, 1.82) is 0 Å². The van der Waals surface area contributed by atoms with Gasteiger partial charge in [0.1, 0.15) is 12.4 Å². The molecule has 1 aromatic heterocycles. The van der Waals surface area contributed by atoms with Crippen molar-refractivity contribution in [3.8, 4) is 0 Å². The summed E-state index contributed by atoms with van der Waals surface area (Å²) >= 11 is 0. The largest absolute Gasteiger partial charge is 0.353 e. The van der Waals surface area contributed by atoms with Crippen molar-refractivity contribution in [3.63, 3.8) is 0 Å². The summed E-state index contributed by atoms with van der Waals surface area (Å²) in [6, 6.07) is 18.8. The Morgan fingerprint density at radius 3 is 2.54 bits per heavy atom. The van der Waals surface area contributed by atoms with Crippen LogP contribution in [0.3, 0.4) is 0 Å². The van der Waals surface area contributed by atoms with Crippen LogP contribution in [0.25, 0.3) is 11.0 Å². The minimum absolute atomic E-state index is 0.0409. The summed E-state index contributed by atoms with van der Waals surface area (Å²) in [7, 11) is 0. The number of nitrogens with one attached hydrogen (secondary N) is 1. The van der Waals surface area contributed by atoms with Crippen LogP contribution in [0.2, 0.25) is 0 Å². The molecule has 2 amide bonds. The normalized spacial score (nSPS) is 14.3. The summed E-state index contributed by atoms with van der Waals surface area (Å²) in [5, 5.41) is 2.91. The smallest absolute Gasteiger partial charge is 0.243 e. The van der Waals surface area contributed by atoms with E-state index in [0.29, 0.717) is 25.7 Å². The first-order valence-electron chi connectivity index (χ1n) is 13.8. The number of amides is 2. The van der Waals surface area contributed by atoms with Crippen molar-refractivity contribution in [1.82, 2.24) is 19.8 Å². The second kappa shape index (κ2) is 13.8. The number of fused-ring (bicyclic) bond motifs is 1. The van der Waals surface area contributed by atoms with Gasteiger partial charge in [0, 0.05) is 25.6 Å². The van der Waals surface area contributed by atoms with Gasteiger partial charge in [0.2, 0.25) is 11.8 Å². The lowest BCUT2D eigenvalue weighted by Gasteiger charge is -2.35. The molecule has 0 bridgehead atoms. The average molecular weight is 501 g/mol. The Bertz CT molecular complexity index is 1180. The van der Waals surface area contributed by atoms with Crippen LogP contribution < -0.4 is 5.32 Å². The molecular formula is C31H40N4O2. The zero-order valence-electron chi connectivity index (χ0n) is 22.1. The van der Waals surface area contributed by atoms with E-state index in [9.17, 15) is 9.59 Å². The van der Waals surface area contributed by atoms with Crippen LogP contribution in [0.15, 0.2) is 66.7 Å². The molecule has 0 spiro atoms. The zero-order chi connectivity index (χ0) is 25.9. The van der Waals surface area contributed by atoms with Gasteiger partial charge in [0.15, 0.2) is 0 Å². The van der Waals surface area contributed by atoms with Crippen LogP contribution in [0.4, 0.5) is 0 Å². The minimum Gasteiger partial charge on any atom is -0.353 e. The molecule has 196 valence electrons. The van der Waals surface area contributed by atoms with E-state index in [2.05, 4.69) is 33.0 Å². The Morgan fingerprint density at radius 2 is 1.76 bits per heavy atom. The lowest BCUT2D eigenvalue weighted by Crippen LogP contribution is -2.42. The van der Waals surface area contributed by atoms with Crippen LogP contribution in [0, 0.1) is 0 Å². The van der Waals surface area contributed by atoms with Gasteiger partial charge in [-0.3, -0.25) is 9.59 Å². The van der Waals surface area contributed by atoms with Crippen LogP contribution in [0.1, 0.15) is 69.7 Å². The number of allylic oxidation sites excluding steroid dienone is 1. The Labute approximate surface area is 220 Å². The van der Waals surface area contributed by atoms with Gasteiger partial charge in [-0.05, 0) is 56.4 Å². The maximum Gasteiger partial charge on any atom is 0.243 e. The van der Waals surface area contributed by atoms with Gasteiger partial charge in [-0.15, -0.1) is 0 Å². The first-order valence-corrected chi connectivity index (χ1v) is 13.8. The van der Waals surface area contributed by atoms with Gasteiger partial charge in [-0.25, -0.2) is 4.98 Å². The Morgan fingerprint density at radius 1 is 1.00 bits per heavy atom. The molecule has 0 radical (unpaired) electrons. The highest BCUT2D eigenvalue weighted by atomic mass is 16.2. The fourth-order valence-electron chi connectivity index (χ4n) is 5.32. The van der Waals surface area contributed by atoms with Gasteiger partial charge < -0.3 is 14.8 Å². The molecule has 6 heteroatoms. The maximum atomic E-state index is 13.9. The number of carbonyl (C=O) groups is 2. The molecule has 4 rings (SSSR count). The van der Waals surface area contributed by atoms with Crippen LogP contribution in [0.5, 0.6) is 0 Å². The second-order valence-corrected chi connectivity index (χ2v) is 10.0. The molecule has 0 atom stereocenters. The number of hydrogen-bond acceptors (Lipinski definition) is 3. The summed E-state index contributed by atoms with van der Waals surface area (Å²) in [5.41, 5.74) is 3.14. The predicted octanol–water partition coefficient (Wildman–Crippen LogP) is 5.80. The molecule has 1 aliphatic rings. The molecule has 1 saturated carbocycles. The average Bonchev–Trinajstić information content (AvgIpc) is 3.27. The molecule has 0 unspecified atom stereocenters. The topological polar surface area (TPSA) is 67.2 Å². The number of nitrogens with zero attached hydrogens (tertiary/aromatic N) is 3. The summed E-state index contributed by atoms with van der Waals surface area (Å²) in [4.78, 5) is 32.5. The molecule has 0 aliphatic heterocycles. The number of benzene rings is 2. The maximum absolute atomic E-state index is 13.9. The van der Waals surface area contributed by atoms with Crippen LogP contribution in [-0.2, 0) is 29.1 Å². The number of imidazole rings is 1. The number of aryl methyl sites for hydroxylation is 1. The van der Waals surface area contributed by atoms with E-state index in [-0.39, 0.29) is 11.8 Å². The number of para-hydroxylation sites is 2. The Kier molecular flexibility index (Phi) is 9.92. The lowest BCUT2D eigenvalue weighted by molar-refractivity contribution is -0.135. The monoisotopic (exact) mass is 500 g/mol. The van der Waals surface area contributed by atoms with Crippen molar-refractivity contribution in [2.75, 3.05) is 6.54 Å². The number of unbranched alkanes of at least 4 members (excludes halogenated alkanes) is 2. The lowest BCUT2D eigenvalue weighted by atomic mass is 9.93. The van der Waals surface area contributed by atoms with Gasteiger partial charge >= 0.3 is 0 Å². The highest BCUT2D eigenvalue weighted by Crippen LogP contribution is 2.26. The van der Waals surface area contributed by atoms with Crippen molar-refractivity contribution in [3.05, 3.63) is 78.1 Å². The zero-order valence-corrected chi connectivity index (χ0v) is 22.1. The van der Waals surface area contributed by atoms with Gasteiger partial charge in [0.25, 0.3) is 0 Å². The molecule has 1 N–H and O–H groups in total. The van der Waals surface area contributed by atoms with Gasteiger partial charge in [-0.2, -0.15) is 0 Å². The molecule has 37 heavy (non-hydrogen) atoms. The first-order chi connectivity index (χ1) is 18.2. The SMILES string of the molecule is C/C=C/C(=O)NCCCCCc1nc2ccccc2n1CC(=O)N(Cc1ccccc1)C1CCCCC1. The molecule has 2 aromatic carbocycles. The van der Waals surface area contributed by atoms with E-state index in [0.717, 1.165) is 55.4 Å². The van der Waals surface area contributed by atoms with E-state index >= 15 is 0 Å². The summed E-state index contributed by atoms with van der Waals surface area (Å²) in [6.07, 6.45) is 12.8.